The zero-order valence-corrected chi connectivity index (χ0v) is 9.89. The van der Waals surface area contributed by atoms with Crippen molar-refractivity contribution >= 4 is 0 Å². The van der Waals surface area contributed by atoms with Crippen LogP contribution in [-0.2, 0) is 6.42 Å². The van der Waals surface area contributed by atoms with E-state index in [1.807, 2.05) is 13.0 Å². The maximum Gasteiger partial charge on any atom is 0.123 e. The lowest BCUT2D eigenvalue weighted by molar-refractivity contribution is 0.358. The molecule has 0 bridgehead atoms. The van der Waals surface area contributed by atoms with E-state index in [1.54, 1.807) is 6.07 Å². The molecule has 1 unspecified atom stereocenters. The molecule has 88 valence electrons. The van der Waals surface area contributed by atoms with Gasteiger partial charge in [0.2, 0.25) is 0 Å². The van der Waals surface area contributed by atoms with Gasteiger partial charge in [-0.3, -0.25) is 11.3 Å². The highest BCUT2D eigenvalue weighted by Crippen LogP contribution is 2.48. The van der Waals surface area contributed by atoms with Crippen molar-refractivity contribution in [2.45, 2.75) is 39.2 Å². The Hall–Kier alpha value is -0.930. The Morgan fingerprint density at radius 2 is 2.19 bits per heavy atom. The lowest BCUT2D eigenvalue weighted by Crippen LogP contribution is -2.42. The van der Waals surface area contributed by atoms with Crippen LogP contribution < -0.4 is 11.3 Å². The van der Waals surface area contributed by atoms with Gasteiger partial charge in [-0.15, -0.1) is 0 Å². The number of halogens is 1. The molecular weight excluding hydrogens is 203 g/mol. The van der Waals surface area contributed by atoms with Crippen LogP contribution in [-0.4, -0.2) is 6.04 Å². The summed E-state index contributed by atoms with van der Waals surface area (Å²) >= 11 is 0. The van der Waals surface area contributed by atoms with Crippen molar-refractivity contribution in [1.29, 1.82) is 0 Å². The fourth-order valence-corrected chi connectivity index (χ4v) is 2.13. The van der Waals surface area contributed by atoms with Crippen molar-refractivity contribution in [3.63, 3.8) is 0 Å². The molecule has 1 saturated carbocycles. The monoisotopic (exact) mass is 222 g/mol. The van der Waals surface area contributed by atoms with E-state index >= 15 is 0 Å². The maximum absolute atomic E-state index is 13.2. The molecule has 0 aliphatic heterocycles. The number of benzene rings is 1. The van der Waals surface area contributed by atoms with E-state index in [4.69, 9.17) is 5.84 Å². The Morgan fingerprint density at radius 1 is 1.50 bits per heavy atom. The topological polar surface area (TPSA) is 38.0 Å². The SMILES string of the molecule is Cc1ccc(F)cc1CC(NN)C1(C)CC1. The standard InChI is InChI=1S/C13H19FN2/c1-9-3-4-11(14)7-10(9)8-12(16-15)13(2)5-6-13/h3-4,7,12,16H,5-6,8,15H2,1-2H3. The minimum absolute atomic E-state index is 0.169. The molecule has 0 heterocycles. The summed E-state index contributed by atoms with van der Waals surface area (Å²) in [5, 5.41) is 0. The first-order chi connectivity index (χ1) is 7.55. The Bertz CT molecular complexity index is 386. The van der Waals surface area contributed by atoms with Crippen LogP contribution in [0.25, 0.3) is 0 Å². The zero-order chi connectivity index (χ0) is 11.8. The van der Waals surface area contributed by atoms with Crippen molar-refractivity contribution in [2.24, 2.45) is 11.3 Å². The van der Waals surface area contributed by atoms with Gasteiger partial charge < -0.3 is 0 Å². The molecule has 0 saturated heterocycles. The van der Waals surface area contributed by atoms with E-state index < -0.39 is 0 Å². The minimum atomic E-state index is -0.169. The zero-order valence-electron chi connectivity index (χ0n) is 9.89. The highest BCUT2D eigenvalue weighted by molar-refractivity contribution is 5.28. The summed E-state index contributed by atoms with van der Waals surface area (Å²) in [5.41, 5.74) is 5.36. The van der Waals surface area contributed by atoms with Crippen molar-refractivity contribution in [3.8, 4) is 0 Å². The van der Waals surface area contributed by atoms with Crippen LogP contribution in [0.1, 0.15) is 30.9 Å². The molecule has 2 rings (SSSR count). The summed E-state index contributed by atoms with van der Waals surface area (Å²) in [4.78, 5) is 0. The number of hydrogen-bond acceptors (Lipinski definition) is 2. The van der Waals surface area contributed by atoms with Gasteiger partial charge in [-0.25, -0.2) is 4.39 Å². The van der Waals surface area contributed by atoms with E-state index in [0.717, 1.165) is 17.5 Å². The summed E-state index contributed by atoms with van der Waals surface area (Å²) in [7, 11) is 0. The lowest BCUT2D eigenvalue weighted by Gasteiger charge is -2.23. The summed E-state index contributed by atoms with van der Waals surface area (Å²) in [6.07, 6.45) is 3.21. The second-order valence-electron chi connectivity index (χ2n) is 5.15. The predicted molar refractivity (Wildman–Crippen MR) is 63.3 cm³/mol. The summed E-state index contributed by atoms with van der Waals surface area (Å²) in [6, 6.07) is 5.19. The normalized spacial score (nSPS) is 19.5. The van der Waals surface area contributed by atoms with E-state index in [0.29, 0.717) is 5.41 Å². The number of aryl methyl sites for hydroxylation is 1. The van der Waals surface area contributed by atoms with Crippen molar-refractivity contribution < 1.29 is 4.39 Å². The third-order valence-corrected chi connectivity index (χ3v) is 3.82. The van der Waals surface area contributed by atoms with E-state index in [1.165, 1.54) is 18.9 Å². The van der Waals surface area contributed by atoms with Crippen molar-refractivity contribution in [1.82, 2.24) is 5.43 Å². The van der Waals surface area contributed by atoms with E-state index in [2.05, 4.69) is 12.3 Å². The van der Waals surface area contributed by atoms with Gasteiger partial charge in [0, 0.05) is 6.04 Å². The molecule has 3 heteroatoms. The van der Waals surface area contributed by atoms with Crippen LogP contribution in [0, 0.1) is 18.2 Å². The maximum atomic E-state index is 13.2. The van der Waals surface area contributed by atoms with Crippen molar-refractivity contribution in [3.05, 3.63) is 35.1 Å². The largest absolute Gasteiger partial charge is 0.271 e. The highest BCUT2D eigenvalue weighted by atomic mass is 19.1. The molecule has 2 nitrogen and oxygen atoms in total. The fourth-order valence-electron chi connectivity index (χ4n) is 2.13. The third kappa shape index (κ3) is 2.25. The molecule has 1 aliphatic rings. The first kappa shape index (κ1) is 11.6. The Morgan fingerprint density at radius 3 is 2.75 bits per heavy atom. The average molecular weight is 222 g/mol. The number of nitrogens with two attached hydrogens (primary N) is 1. The second-order valence-corrected chi connectivity index (χ2v) is 5.15. The van der Waals surface area contributed by atoms with Crippen LogP contribution in [0.2, 0.25) is 0 Å². The quantitative estimate of drug-likeness (QED) is 0.606. The first-order valence-corrected chi connectivity index (χ1v) is 5.76. The van der Waals surface area contributed by atoms with Gasteiger partial charge in [-0.2, -0.15) is 0 Å². The van der Waals surface area contributed by atoms with Crippen LogP contribution in [0.5, 0.6) is 0 Å². The smallest absolute Gasteiger partial charge is 0.123 e. The van der Waals surface area contributed by atoms with Crippen LogP contribution in [0.15, 0.2) is 18.2 Å². The molecule has 1 aliphatic carbocycles. The summed E-state index contributed by atoms with van der Waals surface area (Å²) < 4.78 is 13.2. The van der Waals surface area contributed by atoms with E-state index in [-0.39, 0.29) is 11.9 Å². The molecule has 1 aromatic rings. The van der Waals surface area contributed by atoms with Gasteiger partial charge in [0.15, 0.2) is 0 Å². The third-order valence-electron chi connectivity index (χ3n) is 3.82. The molecule has 3 N–H and O–H groups in total. The van der Waals surface area contributed by atoms with Crippen LogP contribution in [0.4, 0.5) is 4.39 Å². The fraction of sp³-hybridized carbons (Fsp3) is 0.538. The second kappa shape index (κ2) is 4.15. The number of hydrazine groups is 1. The highest BCUT2D eigenvalue weighted by Gasteiger charge is 2.44. The van der Waals surface area contributed by atoms with Gasteiger partial charge in [0.25, 0.3) is 0 Å². The van der Waals surface area contributed by atoms with Gasteiger partial charge >= 0.3 is 0 Å². The number of rotatable bonds is 4. The molecule has 1 fully saturated rings. The summed E-state index contributed by atoms with van der Waals surface area (Å²) in [5.74, 6) is 5.42. The molecule has 0 radical (unpaired) electrons. The van der Waals surface area contributed by atoms with Crippen molar-refractivity contribution in [2.75, 3.05) is 0 Å². The lowest BCUT2D eigenvalue weighted by atomic mass is 9.91. The Kier molecular flexibility index (Phi) is 3.00. The first-order valence-electron chi connectivity index (χ1n) is 5.76. The molecule has 1 atom stereocenters. The van der Waals surface area contributed by atoms with E-state index in [9.17, 15) is 4.39 Å². The predicted octanol–water partition coefficient (Wildman–Crippen LogP) is 2.31. The number of hydrogen-bond donors (Lipinski definition) is 2. The van der Waals surface area contributed by atoms with Crippen LogP contribution >= 0.6 is 0 Å². The van der Waals surface area contributed by atoms with Gasteiger partial charge in [0.05, 0.1) is 0 Å². The number of nitrogens with one attached hydrogen (secondary N) is 1. The molecular formula is C13H19FN2. The van der Waals surface area contributed by atoms with Gasteiger partial charge in [-0.05, 0) is 54.9 Å². The Labute approximate surface area is 96.0 Å². The molecule has 16 heavy (non-hydrogen) atoms. The molecule has 0 spiro atoms. The molecule has 0 amide bonds. The average Bonchev–Trinajstić information content (AvgIpc) is 2.99. The Balaban J connectivity index is 2.15. The van der Waals surface area contributed by atoms with Crippen LogP contribution in [0.3, 0.4) is 0 Å². The van der Waals surface area contributed by atoms with Gasteiger partial charge in [0.1, 0.15) is 5.82 Å². The van der Waals surface area contributed by atoms with Gasteiger partial charge in [-0.1, -0.05) is 13.0 Å². The minimum Gasteiger partial charge on any atom is -0.271 e. The molecule has 1 aromatic carbocycles. The molecule has 0 aromatic heterocycles. The summed E-state index contributed by atoms with van der Waals surface area (Å²) in [6.45, 7) is 4.24.